The van der Waals surface area contributed by atoms with Crippen molar-refractivity contribution in [2.24, 2.45) is 17.3 Å². The topological polar surface area (TPSA) is 20.3 Å². The van der Waals surface area contributed by atoms with Crippen LogP contribution in [0.3, 0.4) is 0 Å². The van der Waals surface area contributed by atoms with E-state index in [2.05, 4.69) is 32.6 Å². The minimum Gasteiger partial charge on any atom is -0.303 e. The SMILES string of the molecule is CCC(C)(C=O)CN1CCC(C(C)C)C1. The van der Waals surface area contributed by atoms with E-state index in [0.717, 1.165) is 31.1 Å². The van der Waals surface area contributed by atoms with Crippen molar-refractivity contribution < 1.29 is 4.79 Å². The molecule has 1 heterocycles. The highest BCUT2D eigenvalue weighted by molar-refractivity contribution is 5.58. The molecule has 2 atom stereocenters. The van der Waals surface area contributed by atoms with Crippen molar-refractivity contribution in [2.45, 2.75) is 40.5 Å². The van der Waals surface area contributed by atoms with Crippen LogP contribution < -0.4 is 0 Å². The van der Waals surface area contributed by atoms with Crippen LogP contribution in [0.15, 0.2) is 0 Å². The Morgan fingerprint density at radius 1 is 1.53 bits per heavy atom. The quantitative estimate of drug-likeness (QED) is 0.651. The number of nitrogens with zero attached hydrogens (tertiary/aromatic N) is 1. The second kappa shape index (κ2) is 5.11. The van der Waals surface area contributed by atoms with E-state index in [1.54, 1.807) is 0 Å². The van der Waals surface area contributed by atoms with Crippen molar-refractivity contribution in [1.29, 1.82) is 0 Å². The molecule has 0 aliphatic carbocycles. The normalized spacial score (nSPS) is 26.9. The fourth-order valence-electron chi connectivity index (χ4n) is 2.29. The maximum absolute atomic E-state index is 11.0. The molecule has 0 amide bonds. The van der Waals surface area contributed by atoms with E-state index in [1.807, 2.05) is 0 Å². The van der Waals surface area contributed by atoms with Crippen LogP contribution in [0.5, 0.6) is 0 Å². The Labute approximate surface area is 94.0 Å². The molecule has 15 heavy (non-hydrogen) atoms. The molecule has 0 aromatic heterocycles. The van der Waals surface area contributed by atoms with Gasteiger partial charge in [0, 0.05) is 18.5 Å². The highest BCUT2D eigenvalue weighted by atomic mass is 16.1. The summed E-state index contributed by atoms with van der Waals surface area (Å²) in [6.07, 6.45) is 3.38. The fraction of sp³-hybridized carbons (Fsp3) is 0.923. The number of aldehydes is 1. The second-order valence-electron chi connectivity index (χ2n) is 5.65. The molecule has 0 N–H and O–H groups in total. The van der Waals surface area contributed by atoms with Crippen molar-refractivity contribution in [3.63, 3.8) is 0 Å². The Morgan fingerprint density at radius 3 is 2.60 bits per heavy atom. The molecule has 0 saturated carbocycles. The lowest BCUT2D eigenvalue weighted by Gasteiger charge is -2.28. The van der Waals surface area contributed by atoms with Crippen LogP contribution in [0.25, 0.3) is 0 Å². The summed E-state index contributed by atoms with van der Waals surface area (Å²) in [6.45, 7) is 12.1. The second-order valence-corrected chi connectivity index (χ2v) is 5.65. The number of likely N-dealkylation sites (tertiary alicyclic amines) is 1. The first-order chi connectivity index (χ1) is 7.00. The number of hydrogen-bond donors (Lipinski definition) is 0. The third kappa shape index (κ3) is 3.30. The number of hydrogen-bond acceptors (Lipinski definition) is 2. The Hall–Kier alpha value is -0.370. The molecule has 1 aliphatic heterocycles. The number of rotatable bonds is 5. The molecule has 2 nitrogen and oxygen atoms in total. The lowest BCUT2D eigenvalue weighted by molar-refractivity contribution is -0.116. The molecule has 0 spiro atoms. The van der Waals surface area contributed by atoms with Gasteiger partial charge in [0.25, 0.3) is 0 Å². The van der Waals surface area contributed by atoms with Crippen LogP contribution >= 0.6 is 0 Å². The van der Waals surface area contributed by atoms with Gasteiger partial charge in [-0.1, -0.05) is 27.7 Å². The summed E-state index contributed by atoms with van der Waals surface area (Å²) in [7, 11) is 0. The Bertz CT molecular complexity index is 215. The van der Waals surface area contributed by atoms with E-state index in [1.165, 1.54) is 19.5 Å². The molecule has 1 aliphatic rings. The maximum atomic E-state index is 11.0. The van der Waals surface area contributed by atoms with Crippen molar-refractivity contribution in [1.82, 2.24) is 4.90 Å². The molecule has 0 aromatic rings. The molecule has 0 bridgehead atoms. The average molecular weight is 211 g/mol. The van der Waals surface area contributed by atoms with Gasteiger partial charge in [-0.25, -0.2) is 0 Å². The molecule has 0 radical (unpaired) electrons. The van der Waals surface area contributed by atoms with E-state index in [9.17, 15) is 4.79 Å². The van der Waals surface area contributed by atoms with Crippen LogP contribution in [0, 0.1) is 17.3 Å². The van der Waals surface area contributed by atoms with Gasteiger partial charge in [0.15, 0.2) is 0 Å². The van der Waals surface area contributed by atoms with Crippen molar-refractivity contribution in [3.05, 3.63) is 0 Å². The molecule has 2 unspecified atom stereocenters. The summed E-state index contributed by atoms with van der Waals surface area (Å²) >= 11 is 0. The van der Waals surface area contributed by atoms with Crippen LogP contribution in [-0.2, 0) is 4.79 Å². The summed E-state index contributed by atoms with van der Waals surface area (Å²) < 4.78 is 0. The van der Waals surface area contributed by atoms with Crippen molar-refractivity contribution in [2.75, 3.05) is 19.6 Å². The zero-order valence-electron chi connectivity index (χ0n) is 10.6. The lowest BCUT2D eigenvalue weighted by Crippen LogP contribution is -2.35. The Morgan fingerprint density at radius 2 is 2.20 bits per heavy atom. The van der Waals surface area contributed by atoms with E-state index in [-0.39, 0.29) is 5.41 Å². The summed E-state index contributed by atoms with van der Waals surface area (Å²) in [4.78, 5) is 13.5. The molecule has 1 fully saturated rings. The smallest absolute Gasteiger partial charge is 0.127 e. The highest BCUT2D eigenvalue weighted by Crippen LogP contribution is 2.27. The van der Waals surface area contributed by atoms with Crippen molar-refractivity contribution >= 4 is 6.29 Å². The van der Waals surface area contributed by atoms with Gasteiger partial charge in [0.1, 0.15) is 6.29 Å². The van der Waals surface area contributed by atoms with Gasteiger partial charge in [-0.3, -0.25) is 0 Å². The van der Waals surface area contributed by atoms with Gasteiger partial charge in [0.05, 0.1) is 0 Å². The number of carbonyl (C=O) groups is 1. The zero-order valence-corrected chi connectivity index (χ0v) is 10.6. The predicted octanol–water partition coefficient (Wildman–Crippen LogP) is 2.58. The van der Waals surface area contributed by atoms with Gasteiger partial charge < -0.3 is 9.69 Å². The summed E-state index contributed by atoms with van der Waals surface area (Å²) in [5.41, 5.74) is -0.133. The van der Waals surface area contributed by atoms with Gasteiger partial charge in [-0.2, -0.15) is 0 Å². The van der Waals surface area contributed by atoms with Crippen LogP contribution in [0.2, 0.25) is 0 Å². The minimum atomic E-state index is -0.133. The largest absolute Gasteiger partial charge is 0.303 e. The zero-order chi connectivity index (χ0) is 11.5. The Balaban J connectivity index is 2.45. The first-order valence-electron chi connectivity index (χ1n) is 6.19. The third-order valence-corrected chi connectivity index (χ3v) is 3.93. The van der Waals surface area contributed by atoms with Crippen LogP contribution in [-0.4, -0.2) is 30.8 Å². The predicted molar refractivity (Wildman–Crippen MR) is 63.8 cm³/mol. The maximum Gasteiger partial charge on any atom is 0.127 e. The third-order valence-electron chi connectivity index (χ3n) is 3.93. The highest BCUT2D eigenvalue weighted by Gasteiger charge is 2.30. The minimum absolute atomic E-state index is 0.133. The molecular weight excluding hydrogens is 186 g/mol. The van der Waals surface area contributed by atoms with Crippen LogP contribution in [0.1, 0.15) is 40.5 Å². The van der Waals surface area contributed by atoms with E-state index in [0.29, 0.717) is 0 Å². The molecule has 0 aromatic carbocycles. The molecule has 2 heteroatoms. The molecule has 1 saturated heterocycles. The first-order valence-corrected chi connectivity index (χ1v) is 6.19. The first kappa shape index (κ1) is 12.7. The lowest BCUT2D eigenvalue weighted by atomic mass is 9.89. The molecular formula is C13H25NO. The average Bonchev–Trinajstić information content (AvgIpc) is 2.66. The van der Waals surface area contributed by atoms with Crippen LogP contribution in [0.4, 0.5) is 0 Å². The van der Waals surface area contributed by atoms with Gasteiger partial charge in [-0.15, -0.1) is 0 Å². The van der Waals surface area contributed by atoms with E-state index < -0.39 is 0 Å². The summed E-state index contributed by atoms with van der Waals surface area (Å²) in [5, 5.41) is 0. The van der Waals surface area contributed by atoms with E-state index in [4.69, 9.17) is 0 Å². The van der Waals surface area contributed by atoms with Gasteiger partial charge in [0.2, 0.25) is 0 Å². The Kier molecular flexibility index (Phi) is 4.32. The molecule has 88 valence electrons. The number of carbonyl (C=O) groups excluding carboxylic acids is 1. The van der Waals surface area contributed by atoms with Gasteiger partial charge >= 0.3 is 0 Å². The van der Waals surface area contributed by atoms with Crippen molar-refractivity contribution in [3.8, 4) is 0 Å². The van der Waals surface area contributed by atoms with Gasteiger partial charge in [-0.05, 0) is 31.2 Å². The standard InChI is InChI=1S/C13H25NO/c1-5-13(4,10-15)9-14-7-6-12(8-14)11(2)3/h10-12H,5-9H2,1-4H3. The monoisotopic (exact) mass is 211 g/mol. The summed E-state index contributed by atoms with van der Waals surface area (Å²) in [6, 6.07) is 0. The van der Waals surface area contributed by atoms with E-state index >= 15 is 0 Å². The fourth-order valence-corrected chi connectivity index (χ4v) is 2.29. The molecule has 1 rings (SSSR count). The summed E-state index contributed by atoms with van der Waals surface area (Å²) in [5.74, 6) is 1.61.